The molecule has 0 radical (unpaired) electrons. The van der Waals surface area contributed by atoms with E-state index in [1.807, 2.05) is 0 Å². The van der Waals surface area contributed by atoms with E-state index in [2.05, 4.69) is 0 Å². The van der Waals surface area contributed by atoms with Crippen molar-refractivity contribution >= 4 is 46.4 Å². The highest BCUT2D eigenvalue weighted by Gasteiger charge is 2.26. The average Bonchev–Trinajstić information content (AvgIpc) is 3.33. The van der Waals surface area contributed by atoms with Crippen LogP contribution in [0.15, 0.2) is 33.9 Å². The smallest absolute Gasteiger partial charge is 0.276 e. The largest absolute Gasteiger partial charge is 0.506 e. The first-order valence-corrected chi connectivity index (χ1v) is 14.1. The number of benzene rings is 2. The van der Waals surface area contributed by atoms with Gasteiger partial charge in [0.05, 0.1) is 16.1 Å². The van der Waals surface area contributed by atoms with Crippen LogP contribution in [-0.2, 0) is 26.2 Å². The van der Waals surface area contributed by atoms with Crippen molar-refractivity contribution in [2.75, 3.05) is 0 Å². The van der Waals surface area contributed by atoms with Crippen molar-refractivity contribution in [2.45, 2.75) is 58.8 Å². The second-order valence-electron chi connectivity index (χ2n) is 9.71. The Bertz CT molecular complexity index is 1630. The van der Waals surface area contributed by atoms with Crippen LogP contribution in [0, 0.1) is 18.6 Å². The number of nitrogens with zero attached hydrogens (tertiary/aromatic N) is 4. The molecule has 0 atom stereocenters. The highest BCUT2D eigenvalue weighted by Crippen LogP contribution is 2.35. The van der Waals surface area contributed by atoms with Gasteiger partial charge >= 0.3 is 0 Å². The lowest BCUT2D eigenvalue weighted by Crippen LogP contribution is -2.27. The summed E-state index contributed by atoms with van der Waals surface area (Å²) < 4.78 is 34.6. The minimum atomic E-state index is -0.685. The Labute approximate surface area is 247 Å². The van der Waals surface area contributed by atoms with Gasteiger partial charge in [-0.05, 0) is 62.4 Å². The Hall–Kier alpha value is -2.72. The van der Waals surface area contributed by atoms with E-state index in [1.54, 1.807) is 27.0 Å². The Morgan fingerprint density at radius 1 is 0.650 bits per heavy atom. The van der Waals surface area contributed by atoms with E-state index in [0.717, 1.165) is 37.8 Å². The fourth-order valence-electron chi connectivity index (χ4n) is 5.08. The van der Waals surface area contributed by atoms with Crippen LogP contribution in [0.3, 0.4) is 0 Å². The van der Waals surface area contributed by atoms with Gasteiger partial charge < -0.3 is 5.11 Å². The average molecular weight is 632 g/mol. The van der Waals surface area contributed by atoms with Crippen molar-refractivity contribution in [1.82, 2.24) is 18.7 Å². The lowest BCUT2D eigenvalue weighted by atomic mass is 10.1. The van der Waals surface area contributed by atoms with Gasteiger partial charge in [0, 0.05) is 42.3 Å². The molecular weight excluding hydrogens is 608 g/mol. The third-order valence-electron chi connectivity index (χ3n) is 7.15. The maximum Gasteiger partial charge on any atom is 0.276 e. The van der Waals surface area contributed by atoms with Crippen molar-refractivity contribution < 1.29 is 13.9 Å². The summed E-state index contributed by atoms with van der Waals surface area (Å²) in [6, 6.07) is 4.91. The molecule has 13 heteroatoms. The highest BCUT2D eigenvalue weighted by molar-refractivity contribution is 6.33. The van der Waals surface area contributed by atoms with Crippen LogP contribution < -0.4 is 11.1 Å². The molecule has 2 aliphatic heterocycles. The summed E-state index contributed by atoms with van der Waals surface area (Å²) >= 11 is 24.0. The number of hydrogen-bond donors (Lipinski definition) is 1. The molecule has 40 heavy (non-hydrogen) atoms. The Morgan fingerprint density at radius 3 is 1.50 bits per heavy atom. The maximum absolute atomic E-state index is 14.1. The Morgan fingerprint density at radius 2 is 1.05 bits per heavy atom. The summed E-state index contributed by atoms with van der Waals surface area (Å²) in [5.74, 6) is -1.49. The summed E-state index contributed by atoms with van der Waals surface area (Å²) in [5.41, 5.74) is 0.606. The Balaban J connectivity index is 0.000000161. The van der Waals surface area contributed by atoms with Gasteiger partial charge in [-0.1, -0.05) is 46.4 Å². The summed E-state index contributed by atoms with van der Waals surface area (Å²) in [6.45, 7) is 4.25. The van der Waals surface area contributed by atoms with E-state index in [9.17, 15) is 23.5 Å². The summed E-state index contributed by atoms with van der Waals surface area (Å²) in [7, 11) is 0. The van der Waals surface area contributed by atoms with E-state index >= 15 is 0 Å². The molecule has 1 N–H and O–H groups in total. The van der Waals surface area contributed by atoms with Crippen molar-refractivity contribution in [3.05, 3.63) is 82.5 Å². The van der Waals surface area contributed by atoms with Crippen molar-refractivity contribution in [3.63, 3.8) is 0 Å². The molecule has 0 aliphatic carbocycles. The molecular formula is C27H24Cl4F2N4O3. The van der Waals surface area contributed by atoms with Crippen LogP contribution in [0.5, 0.6) is 5.75 Å². The maximum atomic E-state index is 14.1. The third-order valence-corrected chi connectivity index (χ3v) is 8.63. The van der Waals surface area contributed by atoms with Gasteiger partial charge in [0.2, 0.25) is 0 Å². The first-order chi connectivity index (χ1) is 19.0. The minimum absolute atomic E-state index is 0.0312. The normalized spacial score (nSPS) is 14.4. The number of hydrogen-bond acceptors (Lipinski definition) is 3. The van der Waals surface area contributed by atoms with E-state index < -0.39 is 11.6 Å². The molecule has 0 saturated carbocycles. The van der Waals surface area contributed by atoms with Crippen molar-refractivity contribution in [3.8, 4) is 28.0 Å². The van der Waals surface area contributed by atoms with Crippen LogP contribution in [0.4, 0.5) is 8.78 Å². The number of phenolic OH excluding ortho intramolecular Hbond substituents is 1. The highest BCUT2D eigenvalue weighted by atomic mass is 35.5. The number of aromatic nitrogens is 4. The zero-order valence-corrected chi connectivity index (χ0v) is 24.3. The first-order valence-electron chi connectivity index (χ1n) is 12.6. The topological polar surface area (TPSA) is 74.1 Å². The molecule has 0 fully saturated rings. The van der Waals surface area contributed by atoms with Gasteiger partial charge in [-0.25, -0.2) is 18.1 Å². The van der Waals surface area contributed by atoms with Gasteiger partial charge in [0.25, 0.3) is 11.1 Å². The second kappa shape index (κ2) is 11.3. The number of phenols is 1. The molecule has 212 valence electrons. The van der Waals surface area contributed by atoms with E-state index in [4.69, 9.17) is 46.4 Å². The molecule has 0 amide bonds. The van der Waals surface area contributed by atoms with Crippen LogP contribution in [-0.4, -0.2) is 23.8 Å². The number of aromatic hydroxyl groups is 1. The third kappa shape index (κ3) is 4.98. The predicted molar refractivity (Wildman–Crippen MR) is 153 cm³/mol. The lowest BCUT2D eigenvalue weighted by molar-refractivity contribution is 0.356. The van der Waals surface area contributed by atoms with Crippen LogP contribution in [0.1, 0.15) is 31.2 Å². The fraction of sp³-hybridized carbons (Fsp3) is 0.333. The number of halogens is 6. The molecule has 0 saturated heterocycles. The van der Waals surface area contributed by atoms with Gasteiger partial charge in [-0.3, -0.25) is 19.0 Å². The summed E-state index contributed by atoms with van der Waals surface area (Å²) in [4.78, 5) is 24.8. The molecule has 0 spiro atoms. The molecule has 2 aliphatic rings. The molecule has 4 heterocycles. The molecule has 2 aromatic carbocycles. The summed E-state index contributed by atoms with van der Waals surface area (Å²) in [5, 5.41) is 10.3. The number of rotatable bonds is 2. The van der Waals surface area contributed by atoms with Crippen molar-refractivity contribution in [1.29, 1.82) is 0 Å². The van der Waals surface area contributed by atoms with Crippen LogP contribution >= 0.6 is 46.4 Å². The van der Waals surface area contributed by atoms with Gasteiger partial charge in [-0.2, -0.15) is 0 Å². The monoisotopic (exact) mass is 630 g/mol. The van der Waals surface area contributed by atoms with Gasteiger partial charge in [0.1, 0.15) is 27.7 Å². The van der Waals surface area contributed by atoms with Gasteiger partial charge in [-0.15, -0.1) is 0 Å². The molecule has 4 aromatic rings. The van der Waals surface area contributed by atoms with E-state index in [-0.39, 0.29) is 49.3 Å². The van der Waals surface area contributed by atoms with Gasteiger partial charge in [0.15, 0.2) is 0 Å². The Kier molecular flexibility index (Phi) is 8.12. The molecule has 0 bridgehead atoms. The van der Waals surface area contributed by atoms with Crippen molar-refractivity contribution in [2.24, 2.45) is 0 Å². The number of fused-ring (bicyclic) bond motifs is 2. The fourth-order valence-corrected chi connectivity index (χ4v) is 6.10. The number of aryl methyl sites for hydroxylation is 1. The SMILES string of the molecule is Cc1cc(-c2c(Cl)n3n(c2=O)CCCC3)c(F)cc1Cl.O=c1c(-c2cc(O)c(Cl)cc2F)c(Cl)n2n1CCCC2. The molecule has 2 aromatic heterocycles. The molecule has 0 unspecified atom stereocenters. The zero-order chi connectivity index (χ0) is 28.9. The first kappa shape index (κ1) is 28.8. The van der Waals surface area contributed by atoms with Crippen LogP contribution in [0.25, 0.3) is 22.3 Å². The predicted octanol–water partition coefficient (Wildman–Crippen LogP) is 7.13. The minimum Gasteiger partial charge on any atom is -0.506 e. The zero-order valence-electron chi connectivity index (χ0n) is 21.3. The molecule has 6 rings (SSSR count). The van der Waals surface area contributed by atoms with E-state index in [1.165, 1.54) is 10.7 Å². The second-order valence-corrected chi connectivity index (χ2v) is 11.2. The van der Waals surface area contributed by atoms with Crippen LogP contribution in [0.2, 0.25) is 20.4 Å². The quantitative estimate of drug-likeness (QED) is 0.256. The lowest BCUT2D eigenvalue weighted by Gasteiger charge is -2.17. The standard InChI is InChI=1S/C14H13Cl2FN2O.C13H11Cl2FN2O2/c1-8-6-9(11(17)7-10(8)15)12-13(16)18-4-2-3-5-19(18)14(12)20;14-8-6-9(16)7(5-10(8)19)11-12(15)17-3-1-2-4-18(17)13(11)20/h6-7H,2-5H2,1H3;5-6,19H,1-4H2. The molecule has 7 nitrogen and oxygen atoms in total. The summed E-state index contributed by atoms with van der Waals surface area (Å²) in [6.07, 6.45) is 3.70. The van der Waals surface area contributed by atoms with E-state index in [0.29, 0.717) is 41.9 Å².